The Morgan fingerprint density at radius 1 is 1.25 bits per heavy atom. The second kappa shape index (κ2) is 5.87. The Hall–Kier alpha value is -1.50. The zero-order chi connectivity index (χ0) is 15.6. The first-order valence-corrected chi connectivity index (χ1v) is 7.42. The Morgan fingerprint density at radius 2 is 1.75 bits per heavy atom. The van der Waals surface area contributed by atoms with Crippen molar-refractivity contribution in [2.24, 2.45) is 5.41 Å². The average molecular weight is 306 g/mol. The molecule has 20 heavy (non-hydrogen) atoms. The molecule has 1 aromatic rings. The minimum atomic E-state index is -4.14. The molecular weight excluding hydrogens is 290 g/mol. The topological polar surface area (TPSA) is 60.4 Å². The molecule has 7 heteroatoms. The number of carbonyl (C=O) groups excluding carboxylic acids is 1. The maximum Gasteiger partial charge on any atom is 0.309 e. The third-order valence-corrected chi connectivity index (χ3v) is 4.17. The zero-order valence-corrected chi connectivity index (χ0v) is 12.2. The first kappa shape index (κ1) is 16.6. The molecule has 0 aliphatic heterocycles. The van der Waals surface area contributed by atoms with Gasteiger partial charge in [-0.05, 0) is 31.2 Å². The third kappa shape index (κ3) is 4.56. The van der Waals surface area contributed by atoms with Crippen LogP contribution in [0.5, 0.6) is 5.75 Å². The summed E-state index contributed by atoms with van der Waals surface area (Å²) in [4.78, 5) is 11.1. The van der Waals surface area contributed by atoms with Gasteiger partial charge < -0.3 is 4.18 Å². The molecule has 0 radical (unpaired) electrons. The van der Waals surface area contributed by atoms with Crippen LogP contribution in [0.25, 0.3) is 0 Å². The Balaban J connectivity index is 2.84. The first-order chi connectivity index (χ1) is 9.03. The van der Waals surface area contributed by atoms with Crippen LogP contribution in [0.2, 0.25) is 0 Å². The van der Waals surface area contributed by atoms with Crippen LogP contribution in [-0.4, -0.2) is 26.4 Å². The molecule has 0 amide bonds. The smallest absolute Gasteiger partial charge is 0.309 e. The van der Waals surface area contributed by atoms with E-state index in [1.807, 2.05) is 0 Å². The summed E-state index contributed by atoms with van der Waals surface area (Å²) in [7, 11) is -4.14. The summed E-state index contributed by atoms with van der Waals surface area (Å²) in [6, 6.07) is 5.43. The van der Waals surface area contributed by atoms with Crippen molar-refractivity contribution in [1.82, 2.24) is 0 Å². The summed E-state index contributed by atoms with van der Waals surface area (Å²) >= 11 is 0. The van der Waals surface area contributed by atoms with E-state index < -0.39 is 27.7 Å². The monoisotopic (exact) mass is 306 g/mol. The second-order valence-electron chi connectivity index (χ2n) is 5.16. The summed E-state index contributed by atoms with van der Waals surface area (Å²) in [6.07, 6.45) is -2.78. The van der Waals surface area contributed by atoms with Crippen LogP contribution < -0.4 is 4.18 Å². The van der Waals surface area contributed by atoms with Gasteiger partial charge in [0.1, 0.15) is 5.75 Å². The molecule has 0 aromatic heterocycles. The normalized spacial score (nSPS) is 12.5. The Kier molecular flexibility index (Phi) is 4.86. The van der Waals surface area contributed by atoms with E-state index in [2.05, 4.69) is 0 Å². The minimum Gasteiger partial charge on any atom is -0.382 e. The molecule has 0 unspecified atom stereocenters. The van der Waals surface area contributed by atoms with Gasteiger partial charge in [0.15, 0.2) is 5.78 Å². The minimum absolute atomic E-state index is 0.0138. The number of hydrogen-bond donors (Lipinski definition) is 0. The fraction of sp³-hybridized carbons (Fsp3) is 0.462. The molecule has 1 rings (SSSR count). The predicted octanol–water partition coefficient (Wildman–Crippen LogP) is 2.89. The number of hydrogen-bond acceptors (Lipinski definition) is 4. The van der Waals surface area contributed by atoms with Crippen molar-refractivity contribution in [3.8, 4) is 5.75 Å². The predicted molar refractivity (Wildman–Crippen MR) is 70.6 cm³/mol. The second-order valence-corrected chi connectivity index (χ2v) is 6.73. The van der Waals surface area contributed by atoms with E-state index in [9.17, 15) is 22.0 Å². The quantitative estimate of drug-likeness (QED) is 0.599. The van der Waals surface area contributed by atoms with E-state index in [1.54, 1.807) is 0 Å². The molecule has 0 N–H and O–H groups in total. The van der Waals surface area contributed by atoms with Crippen molar-refractivity contribution in [2.45, 2.75) is 27.2 Å². The highest BCUT2D eigenvalue weighted by atomic mass is 32.2. The molecule has 112 valence electrons. The van der Waals surface area contributed by atoms with E-state index in [1.165, 1.54) is 31.2 Å². The molecule has 0 spiro atoms. The first-order valence-electron chi connectivity index (χ1n) is 5.85. The lowest BCUT2D eigenvalue weighted by molar-refractivity contribution is 0.0337. The van der Waals surface area contributed by atoms with Crippen LogP contribution in [0.4, 0.5) is 8.78 Å². The van der Waals surface area contributed by atoms with E-state index >= 15 is 0 Å². The summed E-state index contributed by atoms with van der Waals surface area (Å²) in [5.74, 6) is -0.982. The lowest BCUT2D eigenvalue weighted by Gasteiger charge is -2.22. The lowest BCUT2D eigenvalue weighted by atomic mass is 9.98. The average Bonchev–Trinajstić information content (AvgIpc) is 2.27. The molecule has 0 heterocycles. The fourth-order valence-electron chi connectivity index (χ4n) is 1.44. The number of benzene rings is 1. The molecule has 0 saturated carbocycles. The molecule has 1 aromatic carbocycles. The maximum atomic E-state index is 12.7. The number of rotatable bonds is 6. The van der Waals surface area contributed by atoms with E-state index in [4.69, 9.17) is 4.18 Å². The summed E-state index contributed by atoms with van der Waals surface area (Å²) in [6.45, 7) is 3.67. The van der Waals surface area contributed by atoms with Crippen molar-refractivity contribution < 1.29 is 26.2 Å². The van der Waals surface area contributed by atoms with Gasteiger partial charge in [0.2, 0.25) is 6.43 Å². The Bertz CT molecular complexity index is 577. The van der Waals surface area contributed by atoms with Gasteiger partial charge >= 0.3 is 10.1 Å². The van der Waals surface area contributed by atoms with Crippen molar-refractivity contribution in [1.29, 1.82) is 0 Å². The zero-order valence-electron chi connectivity index (χ0n) is 11.4. The van der Waals surface area contributed by atoms with E-state index in [0.717, 1.165) is 13.8 Å². The fourth-order valence-corrected chi connectivity index (χ4v) is 2.94. The van der Waals surface area contributed by atoms with Gasteiger partial charge in [-0.15, -0.1) is 0 Å². The van der Waals surface area contributed by atoms with Gasteiger partial charge in [-0.2, -0.15) is 8.42 Å². The number of halogens is 2. The molecule has 0 fully saturated rings. The largest absolute Gasteiger partial charge is 0.382 e. The molecule has 4 nitrogen and oxygen atoms in total. The van der Waals surface area contributed by atoms with Crippen LogP contribution in [0.15, 0.2) is 24.3 Å². The van der Waals surface area contributed by atoms with Gasteiger partial charge in [-0.3, -0.25) is 4.79 Å². The Labute approximate surface area is 116 Å². The van der Waals surface area contributed by atoms with Crippen molar-refractivity contribution in [2.75, 3.05) is 5.75 Å². The van der Waals surface area contributed by atoms with E-state index in [-0.39, 0.29) is 11.5 Å². The number of ketones is 1. The number of alkyl halides is 2. The highest BCUT2D eigenvalue weighted by Gasteiger charge is 2.36. The third-order valence-electron chi connectivity index (χ3n) is 2.62. The van der Waals surface area contributed by atoms with Crippen LogP contribution in [0.1, 0.15) is 31.1 Å². The highest BCUT2D eigenvalue weighted by Crippen LogP contribution is 2.28. The van der Waals surface area contributed by atoms with Crippen LogP contribution in [-0.2, 0) is 10.1 Å². The number of Topliss-reactive ketones (excluding diaryl/α,β-unsaturated/α-hetero) is 1. The van der Waals surface area contributed by atoms with Gasteiger partial charge in [-0.25, -0.2) is 8.78 Å². The molecule has 0 aliphatic rings. The van der Waals surface area contributed by atoms with Gasteiger partial charge in [-0.1, -0.05) is 13.8 Å². The van der Waals surface area contributed by atoms with Crippen molar-refractivity contribution >= 4 is 15.9 Å². The van der Waals surface area contributed by atoms with E-state index in [0.29, 0.717) is 5.56 Å². The Morgan fingerprint density at radius 3 is 2.15 bits per heavy atom. The maximum absolute atomic E-state index is 12.7. The summed E-state index contributed by atoms with van der Waals surface area (Å²) in [5.41, 5.74) is -1.29. The lowest BCUT2D eigenvalue weighted by Crippen LogP contribution is -2.33. The van der Waals surface area contributed by atoms with Crippen LogP contribution in [0, 0.1) is 5.41 Å². The number of carbonyl (C=O) groups is 1. The standard InChI is InChI=1S/C13H16F2O4S/c1-9(16)10-4-6-11(7-5-10)19-20(17,18)8-13(2,3)12(14)15/h4-7,12H,8H2,1-3H3. The summed E-state index contributed by atoms with van der Waals surface area (Å²) in [5, 5.41) is 0. The molecule has 0 aliphatic carbocycles. The molecule has 0 bridgehead atoms. The van der Waals surface area contributed by atoms with Crippen LogP contribution in [0.3, 0.4) is 0 Å². The van der Waals surface area contributed by atoms with Gasteiger partial charge in [0.25, 0.3) is 0 Å². The van der Waals surface area contributed by atoms with Crippen molar-refractivity contribution in [3.05, 3.63) is 29.8 Å². The molecule has 0 saturated heterocycles. The van der Waals surface area contributed by atoms with Gasteiger partial charge in [0.05, 0.1) is 5.75 Å². The SMILES string of the molecule is CC(=O)c1ccc(OS(=O)(=O)CC(C)(C)C(F)F)cc1. The van der Waals surface area contributed by atoms with Crippen molar-refractivity contribution in [3.63, 3.8) is 0 Å². The molecular formula is C13H16F2O4S. The summed E-state index contributed by atoms with van der Waals surface area (Å²) < 4.78 is 53.5. The molecule has 0 atom stereocenters. The van der Waals surface area contributed by atoms with Crippen LogP contribution >= 0.6 is 0 Å². The van der Waals surface area contributed by atoms with Gasteiger partial charge in [0, 0.05) is 11.0 Å². The highest BCUT2D eigenvalue weighted by molar-refractivity contribution is 7.87.